The summed E-state index contributed by atoms with van der Waals surface area (Å²) in [5, 5.41) is 3.35. The Morgan fingerprint density at radius 1 is 1.35 bits per heavy atom. The molecule has 1 saturated carbocycles. The molecular formula is C15H21BrN2OS. The number of nitrogens with one attached hydrogen (secondary N) is 1. The summed E-state index contributed by atoms with van der Waals surface area (Å²) in [5.41, 5.74) is 7.59. The zero-order valence-electron chi connectivity index (χ0n) is 11.5. The van der Waals surface area contributed by atoms with Crippen LogP contribution < -0.4 is 11.1 Å². The van der Waals surface area contributed by atoms with Crippen molar-refractivity contribution >= 4 is 38.8 Å². The van der Waals surface area contributed by atoms with Crippen LogP contribution in [0.2, 0.25) is 0 Å². The van der Waals surface area contributed by atoms with Crippen LogP contribution in [0.5, 0.6) is 0 Å². The Bertz CT molecular complexity index is 461. The Morgan fingerprint density at radius 3 is 2.80 bits per heavy atom. The smallest absolute Gasteiger partial charge is 0.107 e. The van der Waals surface area contributed by atoms with Gasteiger partial charge in [0.2, 0.25) is 0 Å². The van der Waals surface area contributed by atoms with E-state index < -0.39 is 0 Å². The predicted octanol–water partition coefficient (Wildman–Crippen LogP) is 3.84. The average Bonchev–Trinajstić information content (AvgIpc) is 2.44. The fourth-order valence-electron chi connectivity index (χ4n) is 2.56. The molecule has 3 N–H and O–H groups in total. The summed E-state index contributed by atoms with van der Waals surface area (Å²) in [6.07, 6.45) is 6.81. The van der Waals surface area contributed by atoms with E-state index in [0.717, 1.165) is 22.3 Å². The first kappa shape index (κ1) is 15.7. The Labute approximate surface area is 134 Å². The molecule has 2 rings (SSSR count). The second kappa shape index (κ2) is 7.96. The Balaban J connectivity index is 1.82. The van der Waals surface area contributed by atoms with Gasteiger partial charge in [-0.2, -0.15) is 0 Å². The molecule has 0 spiro atoms. The molecule has 110 valence electrons. The van der Waals surface area contributed by atoms with E-state index in [2.05, 4.69) is 21.2 Å². The lowest BCUT2D eigenvalue weighted by molar-refractivity contribution is 0.0347. The SMILES string of the molecule is NC(=S)c1c(Br)cccc1NCCOC1CCCCC1. The maximum Gasteiger partial charge on any atom is 0.107 e. The van der Waals surface area contributed by atoms with E-state index in [0.29, 0.717) is 17.7 Å². The maximum absolute atomic E-state index is 5.90. The number of nitrogens with two attached hydrogens (primary N) is 1. The summed E-state index contributed by atoms with van der Waals surface area (Å²) < 4.78 is 6.82. The lowest BCUT2D eigenvalue weighted by Gasteiger charge is -2.22. The monoisotopic (exact) mass is 356 g/mol. The van der Waals surface area contributed by atoms with E-state index in [1.165, 1.54) is 32.1 Å². The van der Waals surface area contributed by atoms with Gasteiger partial charge in [0.1, 0.15) is 4.99 Å². The first-order valence-corrected chi connectivity index (χ1v) is 8.32. The topological polar surface area (TPSA) is 47.3 Å². The van der Waals surface area contributed by atoms with Crippen molar-refractivity contribution in [2.24, 2.45) is 5.73 Å². The Hall–Kier alpha value is -0.650. The van der Waals surface area contributed by atoms with Gasteiger partial charge < -0.3 is 15.8 Å². The van der Waals surface area contributed by atoms with Crippen LogP contribution in [0.3, 0.4) is 0 Å². The standard InChI is InChI=1S/C15H21BrN2OS/c16-12-7-4-8-13(14(12)15(17)20)18-9-10-19-11-5-2-1-3-6-11/h4,7-8,11,18H,1-3,5-6,9-10H2,(H2,17,20). The lowest BCUT2D eigenvalue weighted by atomic mass is 9.98. The second-order valence-corrected chi connectivity index (χ2v) is 6.38. The predicted molar refractivity (Wildman–Crippen MR) is 91.3 cm³/mol. The molecule has 3 nitrogen and oxygen atoms in total. The zero-order chi connectivity index (χ0) is 14.4. The summed E-state index contributed by atoms with van der Waals surface area (Å²) in [6, 6.07) is 5.90. The van der Waals surface area contributed by atoms with E-state index in [9.17, 15) is 0 Å². The molecule has 1 fully saturated rings. The van der Waals surface area contributed by atoms with Crippen LogP contribution in [0.1, 0.15) is 37.7 Å². The van der Waals surface area contributed by atoms with Gasteiger partial charge in [-0.25, -0.2) is 0 Å². The minimum atomic E-state index is 0.396. The maximum atomic E-state index is 5.90. The highest BCUT2D eigenvalue weighted by Gasteiger charge is 2.13. The minimum Gasteiger partial charge on any atom is -0.389 e. The second-order valence-electron chi connectivity index (χ2n) is 5.08. The quantitative estimate of drug-likeness (QED) is 0.600. The van der Waals surface area contributed by atoms with E-state index in [1.807, 2.05) is 18.2 Å². The minimum absolute atomic E-state index is 0.396. The molecule has 0 aliphatic heterocycles. The highest BCUT2D eigenvalue weighted by Crippen LogP contribution is 2.25. The number of halogens is 1. The van der Waals surface area contributed by atoms with Crippen LogP contribution in [-0.2, 0) is 4.74 Å². The first-order valence-electron chi connectivity index (χ1n) is 7.12. The van der Waals surface area contributed by atoms with Crippen LogP contribution in [-0.4, -0.2) is 24.2 Å². The fraction of sp³-hybridized carbons (Fsp3) is 0.533. The molecule has 0 heterocycles. The van der Waals surface area contributed by atoms with Gasteiger partial charge in [-0.1, -0.05) is 37.5 Å². The number of hydrogen-bond acceptors (Lipinski definition) is 3. The number of anilines is 1. The summed E-state index contributed by atoms with van der Waals surface area (Å²) >= 11 is 8.58. The molecule has 1 aromatic carbocycles. The summed E-state index contributed by atoms with van der Waals surface area (Å²) in [5.74, 6) is 0. The molecule has 1 aromatic rings. The normalized spacial score (nSPS) is 16.1. The van der Waals surface area contributed by atoms with Gasteiger partial charge in [0.25, 0.3) is 0 Å². The summed E-state index contributed by atoms with van der Waals surface area (Å²) in [4.78, 5) is 0.396. The largest absolute Gasteiger partial charge is 0.389 e. The van der Waals surface area contributed by atoms with Gasteiger partial charge >= 0.3 is 0 Å². The highest BCUT2D eigenvalue weighted by atomic mass is 79.9. The number of hydrogen-bond donors (Lipinski definition) is 2. The molecule has 0 amide bonds. The van der Waals surface area contributed by atoms with Crippen molar-refractivity contribution in [1.29, 1.82) is 0 Å². The van der Waals surface area contributed by atoms with Crippen molar-refractivity contribution in [3.63, 3.8) is 0 Å². The molecule has 0 atom stereocenters. The highest BCUT2D eigenvalue weighted by molar-refractivity contribution is 9.10. The molecule has 0 saturated heterocycles. The molecule has 1 aliphatic carbocycles. The first-order chi connectivity index (χ1) is 9.68. The van der Waals surface area contributed by atoms with Crippen LogP contribution in [0.4, 0.5) is 5.69 Å². The molecular weight excluding hydrogens is 336 g/mol. The number of rotatable bonds is 6. The van der Waals surface area contributed by atoms with E-state index in [4.69, 9.17) is 22.7 Å². The molecule has 0 bridgehead atoms. The van der Waals surface area contributed by atoms with Crippen LogP contribution in [0.15, 0.2) is 22.7 Å². The van der Waals surface area contributed by atoms with Crippen molar-refractivity contribution in [2.75, 3.05) is 18.5 Å². The third-order valence-corrected chi connectivity index (χ3v) is 4.45. The lowest BCUT2D eigenvalue weighted by Crippen LogP contribution is -2.21. The number of ether oxygens (including phenoxy) is 1. The molecule has 5 heteroatoms. The Morgan fingerprint density at radius 2 is 2.10 bits per heavy atom. The summed E-state index contributed by atoms with van der Waals surface area (Å²) in [7, 11) is 0. The van der Waals surface area contributed by atoms with Gasteiger partial charge in [0.15, 0.2) is 0 Å². The number of benzene rings is 1. The van der Waals surface area contributed by atoms with Gasteiger partial charge in [-0.05, 0) is 40.9 Å². The van der Waals surface area contributed by atoms with E-state index >= 15 is 0 Å². The molecule has 1 aliphatic rings. The fourth-order valence-corrected chi connectivity index (χ4v) is 3.50. The van der Waals surface area contributed by atoms with Gasteiger partial charge in [-0.15, -0.1) is 0 Å². The van der Waals surface area contributed by atoms with E-state index in [-0.39, 0.29) is 0 Å². The zero-order valence-corrected chi connectivity index (χ0v) is 13.9. The van der Waals surface area contributed by atoms with Crippen molar-refractivity contribution in [2.45, 2.75) is 38.2 Å². The number of thiocarbonyl (C=S) groups is 1. The van der Waals surface area contributed by atoms with E-state index in [1.54, 1.807) is 0 Å². The van der Waals surface area contributed by atoms with Crippen LogP contribution >= 0.6 is 28.1 Å². The van der Waals surface area contributed by atoms with Gasteiger partial charge in [0.05, 0.1) is 12.7 Å². The molecule has 0 unspecified atom stereocenters. The van der Waals surface area contributed by atoms with Gasteiger partial charge in [0, 0.05) is 22.3 Å². The van der Waals surface area contributed by atoms with Crippen molar-refractivity contribution in [3.05, 3.63) is 28.2 Å². The molecule has 0 aromatic heterocycles. The van der Waals surface area contributed by atoms with Gasteiger partial charge in [-0.3, -0.25) is 0 Å². The molecule has 20 heavy (non-hydrogen) atoms. The van der Waals surface area contributed by atoms with Crippen molar-refractivity contribution in [1.82, 2.24) is 0 Å². The van der Waals surface area contributed by atoms with Crippen molar-refractivity contribution in [3.8, 4) is 0 Å². The summed E-state index contributed by atoms with van der Waals surface area (Å²) in [6.45, 7) is 1.48. The van der Waals surface area contributed by atoms with Crippen molar-refractivity contribution < 1.29 is 4.74 Å². The molecule has 0 radical (unpaired) electrons. The van der Waals surface area contributed by atoms with Crippen LogP contribution in [0, 0.1) is 0 Å². The average molecular weight is 357 g/mol. The Kier molecular flexibility index (Phi) is 6.26. The third-order valence-electron chi connectivity index (χ3n) is 3.58. The van der Waals surface area contributed by atoms with Crippen LogP contribution in [0.25, 0.3) is 0 Å². The third kappa shape index (κ3) is 4.43.